The van der Waals surface area contributed by atoms with Gasteiger partial charge in [-0.2, -0.15) is 0 Å². The van der Waals surface area contributed by atoms with E-state index in [2.05, 4.69) is 0 Å². The van der Waals surface area contributed by atoms with E-state index in [1.54, 1.807) is 59.1 Å². The lowest BCUT2D eigenvalue weighted by atomic mass is 10.2. The Morgan fingerprint density at radius 3 is 2.46 bits per heavy atom. The first-order valence-corrected chi connectivity index (χ1v) is 8.44. The number of hydrogen-bond acceptors (Lipinski definition) is 6. The fraction of sp³-hybridized carbons (Fsp3) is 0.474. The Kier molecular flexibility index (Phi) is 6.26. The fourth-order valence-corrected chi connectivity index (χ4v) is 2.37. The predicted molar refractivity (Wildman–Crippen MR) is 96.9 cm³/mol. The largest absolute Gasteiger partial charge is 0.491 e. The molecular formula is C19H25NO6. The van der Waals surface area contributed by atoms with Gasteiger partial charge in [-0.3, -0.25) is 0 Å². The van der Waals surface area contributed by atoms with Gasteiger partial charge in [0.1, 0.15) is 23.7 Å². The number of esters is 1. The summed E-state index contributed by atoms with van der Waals surface area (Å²) in [5.74, 6) is -0.0238. The van der Waals surface area contributed by atoms with Crippen molar-refractivity contribution in [3.8, 4) is 5.75 Å². The summed E-state index contributed by atoms with van der Waals surface area (Å²) in [6, 6.07) is 6.85. The molecule has 0 saturated heterocycles. The fourth-order valence-electron chi connectivity index (χ4n) is 2.37. The smallest absolute Gasteiger partial charge is 0.419 e. The normalized spacial score (nSPS) is 11.4. The number of hydrogen-bond donors (Lipinski definition) is 0. The number of fused-ring (bicyclic) bond motifs is 1. The number of benzene rings is 1. The molecule has 0 aliphatic heterocycles. The Bertz CT molecular complexity index is 787. The minimum absolute atomic E-state index is 0.116. The molecule has 0 spiro atoms. The summed E-state index contributed by atoms with van der Waals surface area (Å²) in [6.07, 6.45) is -0.649. The zero-order chi connectivity index (χ0) is 19.3. The van der Waals surface area contributed by atoms with Crippen LogP contribution in [0.3, 0.4) is 0 Å². The Morgan fingerprint density at radius 1 is 1.12 bits per heavy atom. The molecule has 0 N–H and O–H groups in total. The van der Waals surface area contributed by atoms with Crippen LogP contribution in [0.2, 0.25) is 0 Å². The molecule has 0 bridgehead atoms. The molecule has 2 aromatic rings. The van der Waals surface area contributed by atoms with Crippen molar-refractivity contribution in [1.29, 1.82) is 0 Å². The van der Waals surface area contributed by atoms with Crippen molar-refractivity contribution in [2.45, 2.75) is 33.3 Å². The summed E-state index contributed by atoms with van der Waals surface area (Å²) in [4.78, 5) is 25.0. The number of nitrogens with zero attached hydrogens (tertiary/aromatic N) is 1. The van der Waals surface area contributed by atoms with Crippen LogP contribution in [0.5, 0.6) is 5.75 Å². The van der Waals surface area contributed by atoms with E-state index in [4.69, 9.17) is 18.9 Å². The highest BCUT2D eigenvalue weighted by atomic mass is 16.6. The van der Waals surface area contributed by atoms with Crippen LogP contribution in [0, 0.1) is 0 Å². The first kappa shape index (κ1) is 19.8. The van der Waals surface area contributed by atoms with Crippen molar-refractivity contribution in [3.05, 3.63) is 30.0 Å². The maximum absolute atomic E-state index is 12.7. The molecule has 0 radical (unpaired) electrons. The lowest BCUT2D eigenvalue weighted by Gasteiger charge is -2.20. The van der Waals surface area contributed by atoms with Crippen molar-refractivity contribution in [3.63, 3.8) is 0 Å². The van der Waals surface area contributed by atoms with Gasteiger partial charge in [-0.25, -0.2) is 14.2 Å². The van der Waals surface area contributed by atoms with Crippen LogP contribution in [-0.4, -0.2) is 49.2 Å². The van der Waals surface area contributed by atoms with Crippen LogP contribution in [0.15, 0.2) is 24.3 Å². The van der Waals surface area contributed by atoms with E-state index in [0.717, 1.165) is 0 Å². The zero-order valence-corrected chi connectivity index (χ0v) is 15.8. The summed E-state index contributed by atoms with van der Waals surface area (Å²) in [6.45, 7) is 8.03. The number of ether oxygens (including phenoxy) is 4. The number of carbonyl (C=O) groups excluding carboxylic acids is 2. The van der Waals surface area contributed by atoms with E-state index in [1.165, 1.54) is 4.57 Å². The zero-order valence-electron chi connectivity index (χ0n) is 15.8. The SMILES string of the molecule is CCOC(=O)c1cc2ccc(OCCOC)cc2n1C(=O)OC(C)(C)C. The molecule has 0 saturated carbocycles. The van der Waals surface area contributed by atoms with Crippen molar-refractivity contribution >= 4 is 23.0 Å². The second-order valence-electron chi connectivity index (χ2n) is 6.63. The maximum atomic E-state index is 12.7. The molecule has 7 nitrogen and oxygen atoms in total. The summed E-state index contributed by atoms with van der Waals surface area (Å²) in [7, 11) is 1.59. The molecule has 0 amide bonds. The molecule has 0 atom stereocenters. The molecular weight excluding hydrogens is 338 g/mol. The second-order valence-corrected chi connectivity index (χ2v) is 6.63. The number of methoxy groups -OCH3 is 1. The number of carbonyl (C=O) groups is 2. The Labute approximate surface area is 152 Å². The highest BCUT2D eigenvalue weighted by Crippen LogP contribution is 2.26. The Balaban J connectivity index is 2.50. The molecule has 26 heavy (non-hydrogen) atoms. The number of rotatable bonds is 6. The minimum Gasteiger partial charge on any atom is -0.491 e. The van der Waals surface area contributed by atoms with E-state index in [9.17, 15) is 9.59 Å². The first-order chi connectivity index (χ1) is 12.3. The van der Waals surface area contributed by atoms with Crippen molar-refractivity contribution in [1.82, 2.24) is 4.57 Å². The van der Waals surface area contributed by atoms with Crippen LogP contribution in [0.25, 0.3) is 10.9 Å². The first-order valence-electron chi connectivity index (χ1n) is 8.44. The van der Waals surface area contributed by atoms with E-state index in [0.29, 0.717) is 29.9 Å². The Hall–Kier alpha value is -2.54. The molecule has 7 heteroatoms. The van der Waals surface area contributed by atoms with Gasteiger partial charge in [0.05, 0.1) is 18.7 Å². The Morgan fingerprint density at radius 2 is 1.85 bits per heavy atom. The second kappa shape index (κ2) is 8.23. The third-order valence-electron chi connectivity index (χ3n) is 3.39. The molecule has 0 aliphatic rings. The molecule has 0 fully saturated rings. The van der Waals surface area contributed by atoms with Crippen LogP contribution >= 0.6 is 0 Å². The molecule has 2 rings (SSSR count). The van der Waals surface area contributed by atoms with E-state index in [-0.39, 0.29) is 12.3 Å². The third-order valence-corrected chi connectivity index (χ3v) is 3.39. The van der Waals surface area contributed by atoms with Gasteiger partial charge in [-0.1, -0.05) is 0 Å². The van der Waals surface area contributed by atoms with Crippen molar-refractivity contribution in [2.75, 3.05) is 26.9 Å². The van der Waals surface area contributed by atoms with Gasteiger partial charge >= 0.3 is 12.1 Å². The lowest BCUT2D eigenvalue weighted by Crippen LogP contribution is -2.29. The molecule has 0 unspecified atom stereocenters. The standard InChI is InChI=1S/C19H25NO6/c1-6-24-17(21)16-11-13-7-8-14(25-10-9-23-5)12-15(13)20(16)18(22)26-19(2,3)4/h7-8,11-12H,6,9-10H2,1-5H3. The van der Waals surface area contributed by atoms with E-state index < -0.39 is 17.7 Å². The average Bonchev–Trinajstić information content (AvgIpc) is 2.92. The number of aromatic nitrogens is 1. The highest BCUT2D eigenvalue weighted by Gasteiger charge is 2.26. The molecule has 1 aromatic heterocycles. The quantitative estimate of drug-likeness (QED) is 0.576. The maximum Gasteiger partial charge on any atom is 0.419 e. The molecule has 0 aliphatic carbocycles. The van der Waals surface area contributed by atoms with Crippen LogP contribution in [0.4, 0.5) is 4.79 Å². The van der Waals surface area contributed by atoms with Gasteiger partial charge in [-0.05, 0) is 45.9 Å². The highest BCUT2D eigenvalue weighted by molar-refractivity contribution is 6.01. The topological polar surface area (TPSA) is 76.0 Å². The van der Waals surface area contributed by atoms with Crippen molar-refractivity contribution in [2.24, 2.45) is 0 Å². The lowest BCUT2D eigenvalue weighted by molar-refractivity contribution is 0.0454. The summed E-state index contributed by atoms with van der Waals surface area (Å²) >= 11 is 0. The minimum atomic E-state index is -0.702. The summed E-state index contributed by atoms with van der Waals surface area (Å²) in [5, 5.41) is 0.706. The van der Waals surface area contributed by atoms with Gasteiger partial charge < -0.3 is 18.9 Å². The molecule has 1 aromatic carbocycles. The summed E-state index contributed by atoms with van der Waals surface area (Å²) in [5.41, 5.74) is -0.0750. The van der Waals surface area contributed by atoms with Gasteiger partial charge in [-0.15, -0.1) is 0 Å². The predicted octanol–water partition coefficient (Wildman–Crippen LogP) is 3.63. The van der Waals surface area contributed by atoms with Crippen LogP contribution in [0.1, 0.15) is 38.2 Å². The van der Waals surface area contributed by atoms with Crippen LogP contribution < -0.4 is 4.74 Å². The van der Waals surface area contributed by atoms with E-state index in [1.807, 2.05) is 0 Å². The third kappa shape index (κ3) is 4.76. The van der Waals surface area contributed by atoms with E-state index >= 15 is 0 Å². The van der Waals surface area contributed by atoms with Gasteiger partial charge in [0.15, 0.2) is 0 Å². The van der Waals surface area contributed by atoms with Crippen LogP contribution in [-0.2, 0) is 14.2 Å². The summed E-state index contributed by atoms with van der Waals surface area (Å²) < 4.78 is 22.3. The van der Waals surface area contributed by atoms with Crippen molar-refractivity contribution < 1.29 is 28.5 Å². The molecule has 1 heterocycles. The molecule has 142 valence electrons. The van der Waals surface area contributed by atoms with Gasteiger partial charge in [0.25, 0.3) is 0 Å². The van der Waals surface area contributed by atoms with Gasteiger partial charge in [0.2, 0.25) is 0 Å². The van der Waals surface area contributed by atoms with Gasteiger partial charge in [0, 0.05) is 18.6 Å². The average molecular weight is 363 g/mol. The monoisotopic (exact) mass is 363 g/mol.